The van der Waals surface area contributed by atoms with Gasteiger partial charge in [0.25, 0.3) is 0 Å². The fraction of sp³-hybridized carbons (Fsp3) is 0.500. The summed E-state index contributed by atoms with van der Waals surface area (Å²) in [5, 5.41) is 10.7. The summed E-state index contributed by atoms with van der Waals surface area (Å²) in [7, 11) is 1.62. The van der Waals surface area contributed by atoms with Gasteiger partial charge in [-0.1, -0.05) is 25.1 Å². The van der Waals surface area contributed by atoms with E-state index in [9.17, 15) is 4.79 Å². The number of nitrogens with one attached hydrogen (secondary N) is 1. The van der Waals surface area contributed by atoms with Gasteiger partial charge in [0.2, 0.25) is 5.89 Å². The van der Waals surface area contributed by atoms with Gasteiger partial charge in [0.1, 0.15) is 5.75 Å². The van der Waals surface area contributed by atoms with E-state index in [4.69, 9.17) is 9.15 Å². The average molecular weight is 344 g/mol. The molecular formula is C18H24N4O3. The van der Waals surface area contributed by atoms with Crippen molar-refractivity contribution < 1.29 is 13.9 Å². The van der Waals surface area contributed by atoms with Gasteiger partial charge in [0.15, 0.2) is 0 Å². The first-order valence-corrected chi connectivity index (χ1v) is 8.67. The van der Waals surface area contributed by atoms with Crippen LogP contribution in [0.1, 0.15) is 41.9 Å². The number of benzene rings is 1. The maximum Gasteiger partial charge on any atom is 0.308 e. The summed E-state index contributed by atoms with van der Waals surface area (Å²) < 4.78 is 10.8. The Bertz CT molecular complexity index is 716. The minimum absolute atomic E-state index is 0.00550. The molecule has 1 aromatic heterocycles. The van der Waals surface area contributed by atoms with Crippen LogP contribution >= 0.6 is 0 Å². The highest BCUT2D eigenvalue weighted by molar-refractivity contribution is 5.89. The Morgan fingerprint density at radius 2 is 2.24 bits per heavy atom. The zero-order valence-electron chi connectivity index (χ0n) is 14.7. The second-order valence-corrected chi connectivity index (χ2v) is 6.12. The van der Waals surface area contributed by atoms with Crippen LogP contribution in [0.5, 0.6) is 5.75 Å². The highest BCUT2D eigenvalue weighted by Gasteiger charge is 2.24. The molecule has 1 saturated heterocycles. The minimum atomic E-state index is -0.318. The summed E-state index contributed by atoms with van der Waals surface area (Å²) in [5.74, 6) is 0.839. The smallest absolute Gasteiger partial charge is 0.308 e. The van der Waals surface area contributed by atoms with Crippen molar-refractivity contribution in [2.45, 2.75) is 32.2 Å². The Balaban J connectivity index is 1.58. The summed E-state index contributed by atoms with van der Waals surface area (Å²) in [6, 6.07) is 8.02. The van der Waals surface area contributed by atoms with Gasteiger partial charge < -0.3 is 14.5 Å². The molecule has 0 saturated carbocycles. The number of hydrogen-bond acceptors (Lipinski definition) is 6. The minimum Gasteiger partial charge on any atom is -0.496 e. The first-order valence-electron chi connectivity index (χ1n) is 8.67. The normalized spacial score (nSPS) is 17.6. The molecule has 7 nitrogen and oxygen atoms in total. The number of amides is 1. The molecule has 1 N–H and O–H groups in total. The number of nitrogens with zero attached hydrogens (tertiary/aromatic N) is 3. The summed E-state index contributed by atoms with van der Waals surface area (Å²) in [4.78, 5) is 14.6. The highest BCUT2D eigenvalue weighted by Crippen LogP contribution is 2.20. The van der Waals surface area contributed by atoms with Gasteiger partial charge in [0, 0.05) is 18.2 Å². The number of carbonyl (C=O) groups is 1. The lowest BCUT2D eigenvalue weighted by molar-refractivity contribution is 0.0905. The Morgan fingerprint density at radius 3 is 3.04 bits per heavy atom. The lowest BCUT2D eigenvalue weighted by Crippen LogP contribution is -2.40. The van der Waals surface area contributed by atoms with Crippen molar-refractivity contribution in [2.24, 2.45) is 0 Å². The summed E-state index contributed by atoms with van der Waals surface area (Å²) in [6.45, 7) is 4.85. The van der Waals surface area contributed by atoms with Crippen molar-refractivity contribution in [1.82, 2.24) is 20.4 Å². The zero-order valence-corrected chi connectivity index (χ0v) is 14.7. The standard InChI is InChI=1S/C18H24N4O3/c1-3-22-10-6-8-14(22)12-19-17(23)18-21-20-16(25-18)11-13-7-4-5-9-15(13)24-2/h4-5,7,9,14H,3,6,8,10-12H2,1-2H3,(H,19,23). The van der Waals surface area contributed by atoms with Crippen LogP contribution < -0.4 is 10.1 Å². The molecule has 1 aromatic carbocycles. The van der Waals surface area contributed by atoms with Gasteiger partial charge >= 0.3 is 11.8 Å². The topological polar surface area (TPSA) is 80.5 Å². The molecule has 2 aromatic rings. The van der Waals surface area contributed by atoms with Crippen LogP contribution in [0, 0.1) is 0 Å². The maximum absolute atomic E-state index is 12.2. The van der Waals surface area contributed by atoms with E-state index in [2.05, 4.69) is 27.3 Å². The Morgan fingerprint density at radius 1 is 1.40 bits per heavy atom. The van der Waals surface area contributed by atoms with Crippen LogP contribution in [0.2, 0.25) is 0 Å². The number of para-hydroxylation sites is 1. The number of ether oxygens (including phenoxy) is 1. The molecule has 134 valence electrons. The highest BCUT2D eigenvalue weighted by atomic mass is 16.5. The van der Waals surface area contributed by atoms with Crippen molar-refractivity contribution in [3.63, 3.8) is 0 Å². The lowest BCUT2D eigenvalue weighted by Gasteiger charge is -2.22. The van der Waals surface area contributed by atoms with Crippen LogP contribution in [0.4, 0.5) is 0 Å². The monoisotopic (exact) mass is 344 g/mol. The summed E-state index contributed by atoms with van der Waals surface area (Å²) >= 11 is 0. The molecule has 0 radical (unpaired) electrons. The van der Waals surface area contributed by atoms with E-state index in [0.717, 1.165) is 30.8 Å². The third kappa shape index (κ3) is 4.17. The van der Waals surface area contributed by atoms with E-state index in [1.54, 1.807) is 7.11 Å². The van der Waals surface area contributed by atoms with Crippen molar-refractivity contribution in [3.05, 3.63) is 41.6 Å². The predicted octanol–water partition coefficient (Wildman–Crippen LogP) is 1.88. The SMILES string of the molecule is CCN1CCCC1CNC(=O)c1nnc(Cc2ccccc2OC)o1. The summed E-state index contributed by atoms with van der Waals surface area (Å²) in [5.41, 5.74) is 0.935. The van der Waals surface area contributed by atoms with Gasteiger partial charge in [-0.05, 0) is 32.0 Å². The van der Waals surface area contributed by atoms with E-state index in [-0.39, 0.29) is 11.8 Å². The number of methoxy groups -OCH3 is 1. The van der Waals surface area contributed by atoms with Crippen LogP contribution in [0.15, 0.2) is 28.7 Å². The van der Waals surface area contributed by atoms with Crippen molar-refractivity contribution in [1.29, 1.82) is 0 Å². The molecule has 2 heterocycles. The van der Waals surface area contributed by atoms with Crippen LogP contribution in [0.25, 0.3) is 0 Å². The van der Waals surface area contributed by atoms with Crippen molar-refractivity contribution >= 4 is 5.91 Å². The van der Waals surface area contributed by atoms with E-state index in [1.165, 1.54) is 6.42 Å². The number of aromatic nitrogens is 2. The first kappa shape index (κ1) is 17.4. The molecule has 3 rings (SSSR count). The van der Waals surface area contributed by atoms with Gasteiger partial charge in [-0.3, -0.25) is 9.69 Å². The molecule has 0 spiro atoms. The molecule has 1 unspecified atom stereocenters. The third-order valence-corrected chi connectivity index (χ3v) is 4.60. The van der Waals surface area contributed by atoms with E-state index < -0.39 is 0 Å². The average Bonchev–Trinajstić information content (AvgIpc) is 3.29. The largest absolute Gasteiger partial charge is 0.496 e. The fourth-order valence-electron chi connectivity index (χ4n) is 3.26. The number of carbonyl (C=O) groups excluding carboxylic acids is 1. The van der Waals surface area contributed by atoms with Crippen LogP contribution in [0.3, 0.4) is 0 Å². The molecule has 1 aliphatic heterocycles. The number of hydrogen-bond donors (Lipinski definition) is 1. The van der Waals surface area contributed by atoms with Gasteiger partial charge in [-0.15, -0.1) is 10.2 Å². The lowest BCUT2D eigenvalue weighted by atomic mass is 10.1. The Labute approximate surface area is 147 Å². The van der Waals surface area contributed by atoms with E-state index in [1.807, 2.05) is 24.3 Å². The van der Waals surface area contributed by atoms with Crippen LogP contribution in [-0.2, 0) is 6.42 Å². The molecule has 0 aliphatic carbocycles. The molecule has 1 atom stereocenters. The molecule has 1 fully saturated rings. The zero-order chi connectivity index (χ0) is 17.6. The Hall–Kier alpha value is -2.41. The number of likely N-dealkylation sites (N-methyl/N-ethyl adjacent to an activating group) is 1. The molecular weight excluding hydrogens is 320 g/mol. The van der Waals surface area contributed by atoms with Gasteiger partial charge in [-0.2, -0.15) is 0 Å². The molecule has 1 amide bonds. The molecule has 0 bridgehead atoms. The number of likely N-dealkylation sites (tertiary alicyclic amines) is 1. The molecule has 25 heavy (non-hydrogen) atoms. The summed E-state index contributed by atoms with van der Waals surface area (Å²) in [6.07, 6.45) is 2.71. The predicted molar refractivity (Wildman–Crippen MR) is 92.7 cm³/mol. The molecule has 7 heteroatoms. The first-order chi connectivity index (χ1) is 12.2. The fourth-order valence-corrected chi connectivity index (χ4v) is 3.26. The Kier molecular flexibility index (Phi) is 5.65. The van der Waals surface area contributed by atoms with Crippen molar-refractivity contribution in [3.8, 4) is 5.75 Å². The second kappa shape index (κ2) is 8.11. The van der Waals surface area contributed by atoms with Crippen LogP contribution in [-0.4, -0.2) is 53.8 Å². The quantitative estimate of drug-likeness (QED) is 0.826. The maximum atomic E-state index is 12.2. The van der Waals surface area contributed by atoms with Crippen molar-refractivity contribution in [2.75, 3.05) is 26.7 Å². The third-order valence-electron chi connectivity index (χ3n) is 4.60. The van der Waals surface area contributed by atoms with E-state index >= 15 is 0 Å². The van der Waals surface area contributed by atoms with Gasteiger partial charge in [0.05, 0.1) is 13.5 Å². The number of rotatable bonds is 7. The van der Waals surface area contributed by atoms with E-state index in [0.29, 0.717) is 24.9 Å². The second-order valence-electron chi connectivity index (χ2n) is 6.12. The van der Waals surface area contributed by atoms with Gasteiger partial charge in [-0.25, -0.2) is 0 Å². The molecule has 1 aliphatic rings.